The minimum atomic E-state index is 0.354. The predicted molar refractivity (Wildman–Crippen MR) is 110 cm³/mol. The van der Waals surface area contributed by atoms with Gasteiger partial charge in [-0.2, -0.15) is 0 Å². The first kappa shape index (κ1) is 18.5. The molecule has 6 saturated carbocycles. The molecule has 7 fully saturated rings. The lowest BCUT2D eigenvalue weighted by molar-refractivity contribution is -0.674. The standard InChI is InChI=1S/C14H20.C11H21NO/c1-5(2)13-7-10-8(13)12-9(13)11(7)14(10,12)6(3)4;1-8(2)6-12-7-10(9(3)4)5-11(12)13/h5-12H,1-4H3;8-10H,5-7H2,1-4H3. The number of hydrogen-bond donors (Lipinski definition) is 0. The van der Waals surface area contributed by atoms with Gasteiger partial charge in [-0.1, -0.05) is 55.4 Å². The fourth-order valence-corrected chi connectivity index (χ4v) is 9.87. The molecule has 1 aliphatic heterocycles. The first-order valence-corrected chi connectivity index (χ1v) is 11.9. The predicted octanol–water partition coefficient (Wildman–Crippen LogP) is 5.18. The van der Waals surface area contributed by atoms with Gasteiger partial charge in [-0.15, -0.1) is 0 Å². The van der Waals surface area contributed by atoms with Crippen molar-refractivity contribution in [3.05, 3.63) is 0 Å². The average Bonchev–Trinajstić information content (AvgIpc) is 2.95. The Morgan fingerprint density at radius 3 is 1.48 bits per heavy atom. The third-order valence-electron chi connectivity index (χ3n) is 10.6. The van der Waals surface area contributed by atoms with E-state index in [2.05, 4.69) is 55.4 Å². The van der Waals surface area contributed by atoms with E-state index in [-0.39, 0.29) is 0 Å². The number of carbonyl (C=O) groups excluding carboxylic acids is 1. The highest BCUT2D eigenvalue weighted by atomic mass is 16.2. The van der Waals surface area contributed by atoms with Crippen LogP contribution in [0.15, 0.2) is 0 Å². The zero-order valence-corrected chi connectivity index (χ0v) is 18.8. The smallest absolute Gasteiger partial charge is 0.222 e. The highest BCUT2D eigenvalue weighted by Crippen LogP contribution is 3.12. The summed E-state index contributed by atoms with van der Waals surface area (Å²) >= 11 is 0. The first-order valence-electron chi connectivity index (χ1n) is 11.9. The third kappa shape index (κ3) is 1.68. The third-order valence-corrected chi connectivity index (χ3v) is 10.6. The molecule has 0 spiro atoms. The van der Waals surface area contributed by atoms with Gasteiger partial charge >= 0.3 is 0 Å². The van der Waals surface area contributed by atoms with Crippen LogP contribution in [0, 0.1) is 75.9 Å². The molecule has 0 N–H and O–H groups in total. The minimum Gasteiger partial charge on any atom is -0.342 e. The maximum Gasteiger partial charge on any atom is 0.222 e. The summed E-state index contributed by atoms with van der Waals surface area (Å²) in [6.07, 6.45) is 0.768. The van der Waals surface area contributed by atoms with E-state index in [0.717, 1.165) is 42.2 Å². The van der Waals surface area contributed by atoms with Crippen molar-refractivity contribution in [3.8, 4) is 0 Å². The van der Waals surface area contributed by atoms with Crippen molar-refractivity contribution < 1.29 is 4.79 Å². The average molecular weight is 372 g/mol. The Hall–Kier alpha value is -0.530. The number of carbonyl (C=O) groups is 1. The molecule has 1 saturated heterocycles. The largest absolute Gasteiger partial charge is 0.342 e. The number of likely N-dealkylation sites (tertiary alicyclic amines) is 1. The van der Waals surface area contributed by atoms with Gasteiger partial charge < -0.3 is 4.90 Å². The fraction of sp³-hybridized carbons (Fsp3) is 0.960. The molecule has 152 valence electrons. The van der Waals surface area contributed by atoms with Crippen LogP contribution in [0.4, 0.5) is 0 Å². The quantitative estimate of drug-likeness (QED) is 0.652. The maximum absolute atomic E-state index is 11.6. The molecule has 0 bridgehead atoms. The molecule has 1 amide bonds. The van der Waals surface area contributed by atoms with E-state index in [1.165, 1.54) is 35.5 Å². The lowest BCUT2D eigenvalue weighted by Gasteiger charge is -3.13. The Morgan fingerprint density at radius 1 is 0.815 bits per heavy atom. The molecule has 2 heteroatoms. The summed E-state index contributed by atoms with van der Waals surface area (Å²) in [7, 11) is 0. The van der Waals surface area contributed by atoms with E-state index in [1.807, 2.05) is 4.90 Å². The van der Waals surface area contributed by atoms with Gasteiger partial charge in [0.1, 0.15) is 0 Å². The first-order chi connectivity index (χ1) is 12.6. The molecule has 1 atom stereocenters. The van der Waals surface area contributed by atoms with Crippen LogP contribution in [0.1, 0.15) is 61.8 Å². The topological polar surface area (TPSA) is 20.3 Å². The van der Waals surface area contributed by atoms with Gasteiger partial charge in [0.25, 0.3) is 0 Å². The number of amides is 1. The highest BCUT2D eigenvalue weighted by molar-refractivity contribution is 5.78. The van der Waals surface area contributed by atoms with Crippen LogP contribution in [0.3, 0.4) is 0 Å². The van der Waals surface area contributed by atoms with Gasteiger partial charge in [0.15, 0.2) is 0 Å². The van der Waals surface area contributed by atoms with Gasteiger partial charge in [0.2, 0.25) is 5.91 Å². The second-order valence-electron chi connectivity index (χ2n) is 12.4. The summed E-state index contributed by atoms with van der Waals surface area (Å²) in [4.78, 5) is 13.6. The molecule has 1 heterocycles. The fourth-order valence-electron chi connectivity index (χ4n) is 9.87. The van der Waals surface area contributed by atoms with Gasteiger partial charge in [0, 0.05) is 19.5 Å². The van der Waals surface area contributed by atoms with Gasteiger partial charge in [-0.25, -0.2) is 0 Å². The van der Waals surface area contributed by atoms with Crippen molar-refractivity contribution in [2.45, 2.75) is 61.8 Å². The second kappa shape index (κ2) is 5.33. The number of rotatable bonds is 5. The summed E-state index contributed by atoms with van der Waals surface area (Å²) in [5, 5.41) is 0. The highest BCUT2D eigenvalue weighted by Gasteiger charge is 3.09. The molecule has 0 aromatic carbocycles. The molecule has 7 aliphatic rings. The Morgan fingerprint density at radius 2 is 1.22 bits per heavy atom. The van der Waals surface area contributed by atoms with E-state index in [1.54, 1.807) is 0 Å². The van der Waals surface area contributed by atoms with Crippen LogP contribution >= 0.6 is 0 Å². The molecular formula is C25H41NO. The van der Waals surface area contributed by atoms with Crippen molar-refractivity contribution in [1.29, 1.82) is 0 Å². The van der Waals surface area contributed by atoms with E-state index in [4.69, 9.17) is 0 Å². The lowest BCUT2D eigenvalue weighted by Crippen LogP contribution is -3.11. The Kier molecular flexibility index (Phi) is 3.65. The molecule has 7 rings (SSSR count). The van der Waals surface area contributed by atoms with Gasteiger partial charge in [-0.05, 0) is 75.9 Å². The van der Waals surface area contributed by atoms with Crippen molar-refractivity contribution in [2.24, 2.45) is 75.9 Å². The van der Waals surface area contributed by atoms with Crippen molar-refractivity contribution in [2.75, 3.05) is 13.1 Å². The SMILES string of the molecule is CC(C)C12C3C4C1C1C2C3C41C(C)C.CC(C)CN1CC(C(C)C)CC1=O. The summed E-state index contributed by atoms with van der Waals surface area (Å²) in [5.74, 6) is 11.5. The van der Waals surface area contributed by atoms with Crippen LogP contribution in [-0.4, -0.2) is 23.9 Å². The van der Waals surface area contributed by atoms with Crippen LogP contribution in [-0.2, 0) is 4.79 Å². The van der Waals surface area contributed by atoms with Crippen LogP contribution in [0.5, 0.6) is 0 Å². The van der Waals surface area contributed by atoms with Crippen LogP contribution in [0.25, 0.3) is 0 Å². The Labute approximate surface area is 166 Å². The maximum atomic E-state index is 11.6. The van der Waals surface area contributed by atoms with Crippen molar-refractivity contribution in [3.63, 3.8) is 0 Å². The zero-order chi connectivity index (χ0) is 19.6. The minimum absolute atomic E-state index is 0.354. The van der Waals surface area contributed by atoms with E-state index in [9.17, 15) is 4.79 Å². The molecule has 0 aromatic rings. The molecule has 1 unspecified atom stereocenters. The van der Waals surface area contributed by atoms with Crippen LogP contribution < -0.4 is 0 Å². The van der Waals surface area contributed by atoms with Gasteiger partial charge in [0.05, 0.1) is 0 Å². The summed E-state index contributed by atoms with van der Waals surface area (Å²) in [5.41, 5.74) is 1.85. The van der Waals surface area contributed by atoms with E-state index < -0.39 is 0 Å². The molecule has 6 aliphatic carbocycles. The van der Waals surface area contributed by atoms with Crippen molar-refractivity contribution >= 4 is 5.91 Å². The summed E-state index contributed by atoms with van der Waals surface area (Å²) in [6, 6.07) is 0. The summed E-state index contributed by atoms with van der Waals surface area (Å²) in [6.45, 7) is 20.6. The van der Waals surface area contributed by atoms with E-state index in [0.29, 0.717) is 23.7 Å². The summed E-state index contributed by atoms with van der Waals surface area (Å²) < 4.78 is 0. The number of hydrogen-bond acceptors (Lipinski definition) is 1. The second-order valence-corrected chi connectivity index (χ2v) is 12.4. The van der Waals surface area contributed by atoms with Crippen molar-refractivity contribution in [1.82, 2.24) is 4.90 Å². The van der Waals surface area contributed by atoms with Gasteiger partial charge in [-0.3, -0.25) is 4.79 Å². The molecule has 27 heavy (non-hydrogen) atoms. The number of nitrogens with zero attached hydrogens (tertiary/aromatic N) is 1. The van der Waals surface area contributed by atoms with Crippen LogP contribution in [0.2, 0.25) is 0 Å². The molecule has 0 aromatic heterocycles. The molecule has 2 nitrogen and oxygen atoms in total. The normalized spacial score (nSPS) is 52.1. The monoisotopic (exact) mass is 371 g/mol. The molecular weight excluding hydrogens is 330 g/mol. The Bertz CT molecular complexity index is 570. The molecule has 0 radical (unpaired) electrons. The zero-order valence-electron chi connectivity index (χ0n) is 18.8. The lowest BCUT2D eigenvalue weighted by atomic mass is 8.90. The Balaban J connectivity index is 0.000000120. The van der Waals surface area contributed by atoms with E-state index >= 15 is 0 Å².